The molecule has 0 aliphatic heterocycles. The van der Waals surface area contributed by atoms with Gasteiger partial charge in [-0.2, -0.15) is 0 Å². The molecule has 0 saturated carbocycles. The second-order valence-electron chi connectivity index (χ2n) is 6.23. The fraction of sp³-hybridized carbons (Fsp3) is 0.889. The van der Waals surface area contributed by atoms with E-state index in [1.807, 2.05) is 3.59 Å². The molecule has 0 radical (unpaired) electrons. The first-order valence-electron chi connectivity index (χ1n) is 8.97. The molecule has 0 rings (SSSR count). The van der Waals surface area contributed by atoms with E-state index in [-0.39, 0.29) is 0 Å². The van der Waals surface area contributed by atoms with Crippen molar-refractivity contribution in [1.29, 1.82) is 0 Å². The van der Waals surface area contributed by atoms with Crippen molar-refractivity contribution in [2.45, 2.75) is 92.4 Å². The van der Waals surface area contributed by atoms with E-state index in [1.54, 1.807) is 13.3 Å². The Labute approximate surface area is 132 Å². The average molecular weight is 389 g/mol. The van der Waals surface area contributed by atoms with Gasteiger partial charge in [0.25, 0.3) is 0 Å². The number of hydrogen-bond donors (Lipinski definition) is 1. The summed E-state index contributed by atoms with van der Waals surface area (Å²) < 4.78 is 6.49. The first kappa shape index (κ1) is 20.5. The Balaban J connectivity index is 5.07. The van der Waals surface area contributed by atoms with Crippen molar-refractivity contribution >= 4 is 18.4 Å². The van der Waals surface area contributed by atoms with Crippen LogP contribution in [-0.2, 0) is 0 Å². The normalized spacial score (nSPS) is 12.9. The van der Waals surface area contributed by atoms with Gasteiger partial charge < -0.3 is 0 Å². The van der Waals surface area contributed by atoms with E-state index >= 15 is 0 Å². The van der Waals surface area contributed by atoms with Crippen LogP contribution >= 0.6 is 0 Å². The van der Waals surface area contributed by atoms with Crippen LogP contribution < -0.4 is 0 Å². The Morgan fingerprint density at radius 2 is 1.30 bits per heavy atom. The Kier molecular flexibility index (Phi) is 13.5. The molecule has 0 aliphatic carbocycles. The second-order valence-corrected chi connectivity index (χ2v) is 19.7. The van der Waals surface area contributed by atoms with Crippen LogP contribution in [0.5, 0.6) is 0 Å². The fourth-order valence-corrected chi connectivity index (χ4v) is 20.9. The third kappa shape index (κ3) is 7.49. The number of hydrogen-bond acceptors (Lipinski definition) is 1. The van der Waals surface area contributed by atoms with Gasteiger partial charge in [0.05, 0.1) is 0 Å². The summed E-state index contributed by atoms with van der Waals surface area (Å²) >= 11 is -2.14. The van der Waals surface area contributed by atoms with E-state index in [4.69, 9.17) is 0 Å². The van der Waals surface area contributed by atoms with Crippen LogP contribution in [0, 0.1) is 0 Å². The van der Waals surface area contributed by atoms with Gasteiger partial charge in [-0.3, -0.25) is 0 Å². The summed E-state index contributed by atoms with van der Waals surface area (Å²) in [6.07, 6.45) is 12.9. The third-order valence-corrected chi connectivity index (χ3v) is 21.3. The molecule has 0 spiro atoms. The van der Waals surface area contributed by atoms with E-state index < -0.39 is 18.4 Å². The van der Waals surface area contributed by atoms with Crippen LogP contribution in [0.4, 0.5) is 0 Å². The standard InChI is InChI=1S/C6H11O.3C4H9.Sn/c1-2-3-4-5-6-7;3*1-3-4-2;/h2,7H,4-6H2,1H3;3*1,3-4H2,2H3;. The molecule has 0 heterocycles. The predicted molar refractivity (Wildman–Crippen MR) is 95.0 cm³/mol. The summed E-state index contributed by atoms with van der Waals surface area (Å²) in [4.78, 5) is 0. The van der Waals surface area contributed by atoms with Crippen molar-refractivity contribution in [2.24, 2.45) is 0 Å². The number of unbranched alkanes of at least 4 members (excludes halogenated alkanes) is 3. The SMILES string of the molecule is C/C=[C](\CCCO)[Sn]([CH2]CCC)([CH2]CCC)[CH2]CCC. The van der Waals surface area contributed by atoms with Crippen molar-refractivity contribution in [3.05, 3.63) is 9.67 Å². The maximum absolute atomic E-state index is 9.20. The molecule has 120 valence electrons. The Bertz CT molecular complexity index is 226. The van der Waals surface area contributed by atoms with Crippen molar-refractivity contribution in [1.82, 2.24) is 0 Å². The molecule has 20 heavy (non-hydrogen) atoms. The van der Waals surface area contributed by atoms with Crippen molar-refractivity contribution < 1.29 is 5.11 Å². The maximum atomic E-state index is 9.20. The molecule has 2 heteroatoms. The van der Waals surface area contributed by atoms with Gasteiger partial charge in [-0.25, -0.2) is 0 Å². The van der Waals surface area contributed by atoms with E-state index in [0.717, 1.165) is 6.42 Å². The molecule has 0 bridgehead atoms. The predicted octanol–water partition coefficient (Wildman–Crippen LogP) is 6.09. The van der Waals surface area contributed by atoms with E-state index in [1.165, 1.54) is 44.9 Å². The molecule has 0 saturated heterocycles. The van der Waals surface area contributed by atoms with Gasteiger partial charge in [-0.15, -0.1) is 0 Å². The Morgan fingerprint density at radius 3 is 1.60 bits per heavy atom. The van der Waals surface area contributed by atoms with Crippen molar-refractivity contribution in [2.75, 3.05) is 6.61 Å². The van der Waals surface area contributed by atoms with Crippen LogP contribution in [0.2, 0.25) is 13.3 Å². The minimum absolute atomic E-state index is 0.356. The minimum atomic E-state index is -2.14. The average Bonchev–Trinajstić information content (AvgIpc) is 2.48. The summed E-state index contributed by atoms with van der Waals surface area (Å²) in [5.74, 6) is 0. The van der Waals surface area contributed by atoms with Crippen molar-refractivity contribution in [3.63, 3.8) is 0 Å². The van der Waals surface area contributed by atoms with Crippen LogP contribution in [0.1, 0.15) is 79.1 Å². The van der Waals surface area contributed by atoms with E-state index in [9.17, 15) is 5.11 Å². The zero-order valence-corrected chi connectivity index (χ0v) is 17.4. The van der Waals surface area contributed by atoms with Gasteiger partial charge >= 0.3 is 132 Å². The molecule has 1 nitrogen and oxygen atoms in total. The molecule has 0 aromatic heterocycles. The topological polar surface area (TPSA) is 20.2 Å². The zero-order chi connectivity index (χ0) is 15.3. The van der Waals surface area contributed by atoms with Gasteiger partial charge in [0.15, 0.2) is 0 Å². The molecule has 0 aromatic carbocycles. The Hall–Kier alpha value is 0.499. The summed E-state index contributed by atoms with van der Waals surface area (Å²) in [5.41, 5.74) is 0. The first-order chi connectivity index (χ1) is 9.70. The number of aliphatic hydroxyl groups excluding tert-OH is 1. The number of aliphatic hydroxyl groups is 1. The molecule has 0 aliphatic rings. The fourth-order valence-electron chi connectivity index (χ4n) is 3.39. The van der Waals surface area contributed by atoms with E-state index in [2.05, 4.69) is 33.8 Å². The van der Waals surface area contributed by atoms with Crippen molar-refractivity contribution in [3.8, 4) is 0 Å². The molecule has 0 fully saturated rings. The summed E-state index contributed by atoms with van der Waals surface area (Å²) in [6.45, 7) is 9.61. The summed E-state index contributed by atoms with van der Waals surface area (Å²) in [5, 5.41) is 9.20. The monoisotopic (exact) mass is 390 g/mol. The van der Waals surface area contributed by atoms with Gasteiger partial charge in [0.2, 0.25) is 0 Å². The van der Waals surface area contributed by atoms with Gasteiger partial charge in [0, 0.05) is 0 Å². The molecular weight excluding hydrogens is 351 g/mol. The second kappa shape index (κ2) is 13.2. The van der Waals surface area contributed by atoms with Gasteiger partial charge in [-0.05, 0) is 0 Å². The summed E-state index contributed by atoms with van der Waals surface area (Å²) in [6, 6.07) is 0. The molecule has 0 aromatic rings. The zero-order valence-electron chi connectivity index (χ0n) is 14.5. The van der Waals surface area contributed by atoms with Gasteiger partial charge in [-0.1, -0.05) is 0 Å². The Morgan fingerprint density at radius 1 is 0.850 bits per heavy atom. The van der Waals surface area contributed by atoms with Crippen LogP contribution in [0.15, 0.2) is 9.67 Å². The van der Waals surface area contributed by atoms with Crippen LogP contribution in [-0.4, -0.2) is 30.1 Å². The van der Waals surface area contributed by atoms with Crippen LogP contribution in [0.3, 0.4) is 0 Å². The molecular formula is C18H38OSn. The molecule has 0 unspecified atom stereocenters. The quantitative estimate of drug-likeness (QED) is 0.378. The van der Waals surface area contributed by atoms with E-state index in [0.29, 0.717) is 6.61 Å². The number of allylic oxidation sites excluding steroid dienone is 2. The molecule has 0 amide bonds. The summed E-state index contributed by atoms with van der Waals surface area (Å²) in [7, 11) is 0. The number of rotatable bonds is 13. The van der Waals surface area contributed by atoms with Gasteiger partial charge in [0.1, 0.15) is 0 Å². The third-order valence-electron chi connectivity index (χ3n) is 4.66. The first-order valence-corrected chi connectivity index (χ1v) is 16.4. The molecule has 0 atom stereocenters. The van der Waals surface area contributed by atoms with Crippen LogP contribution in [0.25, 0.3) is 0 Å². The molecule has 1 N–H and O–H groups in total.